The number of hydrogen-bond acceptors (Lipinski definition) is 4. The fraction of sp³-hybridized carbons (Fsp3) is 0.762. The fourth-order valence-electron chi connectivity index (χ4n) is 5.08. The van der Waals surface area contributed by atoms with Crippen LogP contribution in [0.4, 0.5) is 0 Å². The second-order valence-corrected chi connectivity index (χ2v) is 15.6. The molecule has 0 spiro atoms. The van der Waals surface area contributed by atoms with E-state index in [4.69, 9.17) is 14.0 Å². The molecule has 2 rings (SSSR count). The van der Waals surface area contributed by atoms with E-state index in [1.54, 1.807) is 0 Å². The van der Waals surface area contributed by atoms with Crippen molar-refractivity contribution in [3.8, 4) is 0 Å². The molecule has 1 aromatic rings. The monoisotopic (exact) mass is 407 g/mol. The number of aromatic nitrogens is 1. The summed E-state index contributed by atoms with van der Waals surface area (Å²) in [7, 11) is -1.27. The Hall–Kier alpha value is -1.05. The maximum atomic E-state index is 13.0. The number of ether oxygens (including phenoxy) is 1. The molecule has 1 aliphatic heterocycles. The molecule has 1 aliphatic rings. The highest BCUT2D eigenvalue weighted by molar-refractivity contribution is 6.82. The summed E-state index contributed by atoms with van der Waals surface area (Å²) >= 11 is 0. The lowest BCUT2D eigenvalue weighted by Crippen LogP contribution is -2.54. The standard InChI is InChI=1S/C21H38BNO4Si/c1-14(2)28(15(3)4,16(5)6)23-13-12-17(18(23)19(24)25-11)22-26-20(7,8)21(9,10)27-22/h12-16H,1-11H3. The molecule has 0 amide bonds. The third-order valence-electron chi connectivity index (χ3n) is 7.00. The Morgan fingerprint density at radius 3 is 1.79 bits per heavy atom. The molecule has 0 aromatic carbocycles. The summed E-state index contributed by atoms with van der Waals surface area (Å²) in [6.07, 6.45) is 2.07. The van der Waals surface area contributed by atoms with Gasteiger partial charge in [-0.3, -0.25) is 0 Å². The Balaban J connectivity index is 2.71. The minimum atomic E-state index is -2.12. The minimum Gasteiger partial charge on any atom is -0.464 e. The van der Waals surface area contributed by atoms with E-state index in [1.807, 2.05) is 33.8 Å². The van der Waals surface area contributed by atoms with Gasteiger partial charge in [-0.05, 0) is 56.6 Å². The zero-order valence-electron chi connectivity index (χ0n) is 19.5. The summed E-state index contributed by atoms with van der Waals surface area (Å²) in [5.41, 5.74) is 1.79. The van der Waals surface area contributed by atoms with Crippen LogP contribution in [-0.4, -0.2) is 43.9 Å². The highest BCUT2D eigenvalue weighted by Gasteiger charge is 2.54. The molecular formula is C21H38BNO4Si. The second kappa shape index (κ2) is 7.65. The van der Waals surface area contributed by atoms with Crippen LogP contribution in [0.1, 0.15) is 79.7 Å². The van der Waals surface area contributed by atoms with Gasteiger partial charge in [0.05, 0.1) is 18.3 Å². The van der Waals surface area contributed by atoms with Gasteiger partial charge in [0, 0.05) is 5.46 Å². The maximum Gasteiger partial charge on any atom is 0.497 e. The summed E-state index contributed by atoms with van der Waals surface area (Å²) in [6.45, 7) is 21.8. The van der Waals surface area contributed by atoms with Crippen LogP contribution in [0.15, 0.2) is 12.3 Å². The Morgan fingerprint density at radius 2 is 1.43 bits per heavy atom. The normalized spacial score (nSPS) is 19.1. The maximum absolute atomic E-state index is 13.0. The van der Waals surface area contributed by atoms with Crippen molar-refractivity contribution >= 4 is 26.8 Å². The topological polar surface area (TPSA) is 49.7 Å². The molecule has 0 aliphatic carbocycles. The Kier molecular flexibility index (Phi) is 6.35. The van der Waals surface area contributed by atoms with Crippen molar-refractivity contribution in [2.45, 2.75) is 97.1 Å². The van der Waals surface area contributed by atoms with Gasteiger partial charge in [0.25, 0.3) is 0 Å². The van der Waals surface area contributed by atoms with Crippen molar-refractivity contribution < 1.29 is 18.8 Å². The number of rotatable bonds is 6. The lowest BCUT2D eigenvalue weighted by Gasteiger charge is -2.45. The van der Waals surface area contributed by atoms with E-state index < -0.39 is 26.6 Å². The van der Waals surface area contributed by atoms with Crippen molar-refractivity contribution in [3.63, 3.8) is 0 Å². The lowest BCUT2D eigenvalue weighted by atomic mass is 9.79. The van der Waals surface area contributed by atoms with Gasteiger partial charge in [-0.1, -0.05) is 41.5 Å². The molecule has 2 heterocycles. The molecule has 1 saturated heterocycles. The predicted molar refractivity (Wildman–Crippen MR) is 118 cm³/mol. The van der Waals surface area contributed by atoms with Gasteiger partial charge in [-0.2, -0.15) is 0 Å². The van der Waals surface area contributed by atoms with Crippen LogP contribution in [0.2, 0.25) is 16.6 Å². The van der Waals surface area contributed by atoms with E-state index in [9.17, 15) is 4.79 Å². The van der Waals surface area contributed by atoms with Crippen molar-refractivity contribution in [1.82, 2.24) is 4.23 Å². The predicted octanol–water partition coefficient (Wildman–Crippen LogP) is 4.60. The van der Waals surface area contributed by atoms with E-state index in [0.717, 1.165) is 5.46 Å². The van der Waals surface area contributed by atoms with E-state index in [1.165, 1.54) is 7.11 Å². The molecule has 0 atom stereocenters. The molecule has 0 unspecified atom stereocenters. The van der Waals surface area contributed by atoms with Gasteiger partial charge in [0.2, 0.25) is 0 Å². The van der Waals surface area contributed by atoms with Gasteiger partial charge in [0.15, 0.2) is 8.24 Å². The zero-order chi connectivity index (χ0) is 21.7. The summed E-state index contributed by atoms with van der Waals surface area (Å²) in [6, 6.07) is 1.99. The van der Waals surface area contributed by atoms with E-state index in [2.05, 4.69) is 52.0 Å². The van der Waals surface area contributed by atoms with E-state index in [-0.39, 0.29) is 5.97 Å². The number of esters is 1. The fourth-order valence-corrected chi connectivity index (χ4v) is 11.7. The van der Waals surface area contributed by atoms with Crippen LogP contribution in [0.25, 0.3) is 0 Å². The molecule has 0 radical (unpaired) electrons. The van der Waals surface area contributed by atoms with Crippen LogP contribution >= 0.6 is 0 Å². The first-order valence-corrected chi connectivity index (χ1v) is 12.6. The van der Waals surface area contributed by atoms with E-state index in [0.29, 0.717) is 22.3 Å². The summed E-state index contributed by atoms with van der Waals surface area (Å²) in [5.74, 6) is -0.325. The van der Waals surface area contributed by atoms with Crippen LogP contribution in [0, 0.1) is 0 Å². The van der Waals surface area contributed by atoms with Crippen LogP contribution in [0.3, 0.4) is 0 Å². The first kappa shape index (κ1) is 23.2. The number of carbonyl (C=O) groups excluding carboxylic acids is 1. The zero-order valence-corrected chi connectivity index (χ0v) is 20.5. The largest absolute Gasteiger partial charge is 0.497 e. The average molecular weight is 407 g/mol. The minimum absolute atomic E-state index is 0.325. The Labute approximate surface area is 172 Å². The number of hydrogen-bond donors (Lipinski definition) is 0. The summed E-state index contributed by atoms with van der Waals surface area (Å²) in [4.78, 5) is 13.0. The molecule has 0 bridgehead atoms. The van der Waals surface area contributed by atoms with Gasteiger partial charge in [-0.15, -0.1) is 0 Å². The molecule has 1 aromatic heterocycles. The van der Waals surface area contributed by atoms with Gasteiger partial charge in [0.1, 0.15) is 5.69 Å². The van der Waals surface area contributed by atoms with Crippen molar-refractivity contribution in [3.05, 3.63) is 18.0 Å². The molecule has 1 fully saturated rings. The number of nitrogens with zero attached hydrogens (tertiary/aromatic N) is 1. The first-order chi connectivity index (χ1) is 12.7. The van der Waals surface area contributed by atoms with Crippen molar-refractivity contribution in [2.75, 3.05) is 7.11 Å². The Morgan fingerprint density at radius 1 is 1.00 bits per heavy atom. The molecule has 0 saturated carbocycles. The Bertz CT molecular complexity index is 686. The molecule has 7 heteroatoms. The summed E-state index contributed by atoms with van der Waals surface area (Å²) < 4.78 is 20.0. The summed E-state index contributed by atoms with van der Waals surface area (Å²) in [5, 5.41) is 0. The van der Waals surface area contributed by atoms with Crippen molar-refractivity contribution in [2.24, 2.45) is 0 Å². The molecule has 158 valence electrons. The van der Waals surface area contributed by atoms with Crippen LogP contribution in [0.5, 0.6) is 0 Å². The number of carbonyl (C=O) groups is 1. The van der Waals surface area contributed by atoms with Crippen LogP contribution in [-0.2, 0) is 14.0 Å². The third kappa shape index (κ3) is 3.39. The third-order valence-corrected chi connectivity index (χ3v) is 13.8. The lowest BCUT2D eigenvalue weighted by molar-refractivity contribution is 0.00578. The SMILES string of the molecule is COC(=O)c1c(B2OC(C)(C)C(C)(C)O2)ccn1[Si](C(C)C)(C(C)C)C(C)C. The molecular weight excluding hydrogens is 369 g/mol. The molecule has 28 heavy (non-hydrogen) atoms. The second-order valence-electron chi connectivity index (χ2n) is 9.92. The van der Waals surface area contributed by atoms with Crippen LogP contribution < -0.4 is 5.46 Å². The average Bonchev–Trinajstić information content (AvgIpc) is 3.05. The first-order valence-electron chi connectivity index (χ1n) is 10.4. The smallest absolute Gasteiger partial charge is 0.464 e. The van der Waals surface area contributed by atoms with Crippen molar-refractivity contribution in [1.29, 1.82) is 0 Å². The van der Waals surface area contributed by atoms with E-state index >= 15 is 0 Å². The molecule has 0 N–H and O–H groups in total. The number of methoxy groups -OCH3 is 1. The van der Waals surface area contributed by atoms with Gasteiger partial charge < -0.3 is 18.3 Å². The quantitative estimate of drug-likeness (QED) is 0.511. The highest BCUT2D eigenvalue weighted by atomic mass is 28.3. The van der Waals surface area contributed by atoms with Gasteiger partial charge in [-0.25, -0.2) is 4.79 Å². The van der Waals surface area contributed by atoms with Gasteiger partial charge >= 0.3 is 13.1 Å². The highest BCUT2D eigenvalue weighted by Crippen LogP contribution is 2.44. The molecule has 5 nitrogen and oxygen atoms in total.